The molecule has 1 nitrogen and oxygen atoms in total. The number of nitrogens with two attached hydrogens (primary N) is 1. The Bertz CT molecular complexity index is 191. The maximum Gasteiger partial charge on any atom is -0.00408 e. The second-order valence-electron chi connectivity index (χ2n) is 6.00. The zero-order chi connectivity index (χ0) is 10.2. The first kappa shape index (κ1) is 10.5. The normalized spacial score (nSPS) is 36.2. The van der Waals surface area contributed by atoms with E-state index in [0.29, 0.717) is 5.41 Å². The van der Waals surface area contributed by atoms with Crippen LogP contribution in [-0.2, 0) is 0 Å². The van der Waals surface area contributed by atoms with Crippen molar-refractivity contribution in [2.45, 2.75) is 52.4 Å². The molecule has 0 aromatic rings. The van der Waals surface area contributed by atoms with E-state index in [2.05, 4.69) is 13.8 Å². The summed E-state index contributed by atoms with van der Waals surface area (Å²) in [7, 11) is 0. The summed E-state index contributed by atoms with van der Waals surface area (Å²) in [5.74, 6) is 2.82. The monoisotopic (exact) mass is 195 g/mol. The van der Waals surface area contributed by atoms with Gasteiger partial charge in [-0.2, -0.15) is 0 Å². The second kappa shape index (κ2) is 3.84. The van der Waals surface area contributed by atoms with Gasteiger partial charge < -0.3 is 5.73 Å². The van der Waals surface area contributed by atoms with Crippen molar-refractivity contribution >= 4 is 0 Å². The minimum absolute atomic E-state index is 0.563. The Morgan fingerprint density at radius 2 is 1.71 bits per heavy atom. The van der Waals surface area contributed by atoms with Crippen LogP contribution in [0.1, 0.15) is 52.4 Å². The van der Waals surface area contributed by atoms with E-state index in [4.69, 9.17) is 5.73 Å². The Kier molecular flexibility index (Phi) is 2.88. The molecular weight excluding hydrogens is 170 g/mol. The average Bonchev–Trinajstić information content (AvgIpc) is 2.57. The van der Waals surface area contributed by atoms with Crippen molar-refractivity contribution in [1.82, 2.24) is 0 Å². The van der Waals surface area contributed by atoms with Gasteiger partial charge in [0.25, 0.3) is 0 Å². The molecule has 2 aliphatic rings. The minimum atomic E-state index is 0.563. The van der Waals surface area contributed by atoms with Crippen LogP contribution in [0.3, 0.4) is 0 Å². The largest absolute Gasteiger partial charge is 0.330 e. The number of hydrogen-bond acceptors (Lipinski definition) is 1. The van der Waals surface area contributed by atoms with Gasteiger partial charge in [-0.1, -0.05) is 46.0 Å². The molecule has 2 fully saturated rings. The predicted octanol–water partition coefficient (Wildman–Crippen LogP) is 3.19. The van der Waals surface area contributed by atoms with E-state index in [1.807, 2.05) is 0 Å². The van der Waals surface area contributed by atoms with Crippen LogP contribution >= 0.6 is 0 Å². The third-order valence-electron chi connectivity index (χ3n) is 4.90. The van der Waals surface area contributed by atoms with Crippen LogP contribution in [-0.4, -0.2) is 6.54 Å². The van der Waals surface area contributed by atoms with E-state index >= 15 is 0 Å². The maximum absolute atomic E-state index is 5.78. The summed E-state index contributed by atoms with van der Waals surface area (Å²) in [6, 6.07) is 0. The van der Waals surface area contributed by atoms with Gasteiger partial charge in [0.1, 0.15) is 0 Å². The first-order valence-electron chi connectivity index (χ1n) is 6.36. The number of hydrogen-bond donors (Lipinski definition) is 1. The molecule has 0 spiro atoms. The highest BCUT2D eigenvalue weighted by Gasteiger charge is 2.55. The molecule has 1 heteroatoms. The van der Waals surface area contributed by atoms with Gasteiger partial charge in [-0.15, -0.1) is 0 Å². The Balaban J connectivity index is 1.71. The first-order chi connectivity index (χ1) is 6.66. The molecule has 0 unspecified atom stereocenters. The Morgan fingerprint density at radius 1 is 1.07 bits per heavy atom. The lowest BCUT2D eigenvalue weighted by Crippen LogP contribution is -2.05. The van der Waals surface area contributed by atoms with Gasteiger partial charge in [-0.25, -0.2) is 0 Å². The molecule has 0 heterocycles. The van der Waals surface area contributed by atoms with Gasteiger partial charge in [0.05, 0.1) is 0 Å². The molecule has 2 atom stereocenters. The van der Waals surface area contributed by atoms with Gasteiger partial charge in [-0.3, -0.25) is 0 Å². The van der Waals surface area contributed by atoms with Crippen molar-refractivity contribution in [2.24, 2.45) is 28.9 Å². The molecule has 2 N–H and O–H groups in total. The standard InChI is InChI=1S/C13H25N/c1-13(2)11(12(13)9-14)8-7-10-5-3-4-6-10/h10-12H,3-9,14H2,1-2H3/t11-,12-/m1/s1. The maximum atomic E-state index is 5.78. The summed E-state index contributed by atoms with van der Waals surface area (Å²) in [6.45, 7) is 5.69. The average molecular weight is 195 g/mol. The fourth-order valence-electron chi connectivity index (χ4n) is 3.61. The van der Waals surface area contributed by atoms with Crippen LogP contribution in [0.4, 0.5) is 0 Å². The predicted molar refractivity (Wildman–Crippen MR) is 61.0 cm³/mol. The molecule has 14 heavy (non-hydrogen) atoms. The summed E-state index contributed by atoms with van der Waals surface area (Å²) in [6.07, 6.45) is 8.89. The van der Waals surface area contributed by atoms with Crippen molar-refractivity contribution in [1.29, 1.82) is 0 Å². The van der Waals surface area contributed by atoms with E-state index in [1.54, 1.807) is 0 Å². The lowest BCUT2D eigenvalue weighted by molar-refractivity contribution is 0.432. The summed E-state index contributed by atoms with van der Waals surface area (Å²) in [5.41, 5.74) is 6.35. The summed E-state index contributed by atoms with van der Waals surface area (Å²) in [5, 5.41) is 0. The SMILES string of the molecule is CC1(C)[C@H](CN)[C@H]1CCC1CCCC1. The topological polar surface area (TPSA) is 26.0 Å². The van der Waals surface area contributed by atoms with Crippen molar-refractivity contribution in [3.63, 3.8) is 0 Å². The lowest BCUT2D eigenvalue weighted by atomic mass is 9.97. The highest BCUT2D eigenvalue weighted by Crippen LogP contribution is 2.60. The van der Waals surface area contributed by atoms with E-state index in [0.717, 1.165) is 24.3 Å². The van der Waals surface area contributed by atoms with Gasteiger partial charge >= 0.3 is 0 Å². The summed E-state index contributed by atoms with van der Waals surface area (Å²) < 4.78 is 0. The van der Waals surface area contributed by atoms with E-state index in [-0.39, 0.29) is 0 Å². The van der Waals surface area contributed by atoms with E-state index < -0.39 is 0 Å². The van der Waals surface area contributed by atoms with Gasteiger partial charge in [-0.05, 0) is 36.1 Å². The molecule has 2 rings (SSSR count). The third kappa shape index (κ3) is 1.84. The molecule has 0 aromatic carbocycles. The Labute approximate surface area is 88.4 Å². The summed E-state index contributed by atoms with van der Waals surface area (Å²) in [4.78, 5) is 0. The molecule has 2 saturated carbocycles. The molecule has 0 amide bonds. The Morgan fingerprint density at radius 3 is 2.21 bits per heavy atom. The number of rotatable bonds is 4. The smallest absolute Gasteiger partial charge is 0.00408 e. The van der Waals surface area contributed by atoms with Crippen LogP contribution in [0.2, 0.25) is 0 Å². The molecule has 0 aromatic heterocycles. The first-order valence-corrected chi connectivity index (χ1v) is 6.36. The molecule has 2 aliphatic carbocycles. The fourth-order valence-corrected chi connectivity index (χ4v) is 3.61. The van der Waals surface area contributed by atoms with E-state index in [1.165, 1.54) is 38.5 Å². The van der Waals surface area contributed by atoms with Gasteiger partial charge in [0.15, 0.2) is 0 Å². The Hall–Kier alpha value is -0.0400. The molecule has 0 aliphatic heterocycles. The van der Waals surface area contributed by atoms with E-state index in [9.17, 15) is 0 Å². The van der Waals surface area contributed by atoms with Crippen LogP contribution < -0.4 is 5.73 Å². The molecule has 0 radical (unpaired) electrons. The second-order valence-corrected chi connectivity index (χ2v) is 6.00. The van der Waals surface area contributed by atoms with Crippen LogP contribution in [0.15, 0.2) is 0 Å². The van der Waals surface area contributed by atoms with Crippen molar-refractivity contribution < 1.29 is 0 Å². The fraction of sp³-hybridized carbons (Fsp3) is 1.00. The molecule has 0 saturated heterocycles. The highest BCUT2D eigenvalue weighted by atomic mass is 14.7. The zero-order valence-corrected chi connectivity index (χ0v) is 9.76. The zero-order valence-electron chi connectivity index (χ0n) is 9.76. The molecular formula is C13H25N. The van der Waals surface area contributed by atoms with Crippen molar-refractivity contribution in [3.8, 4) is 0 Å². The van der Waals surface area contributed by atoms with Crippen LogP contribution in [0.5, 0.6) is 0 Å². The summed E-state index contributed by atoms with van der Waals surface area (Å²) >= 11 is 0. The molecule has 82 valence electrons. The van der Waals surface area contributed by atoms with Gasteiger partial charge in [0, 0.05) is 0 Å². The third-order valence-corrected chi connectivity index (χ3v) is 4.90. The molecule has 0 bridgehead atoms. The van der Waals surface area contributed by atoms with Crippen molar-refractivity contribution in [2.75, 3.05) is 6.54 Å². The van der Waals surface area contributed by atoms with Gasteiger partial charge in [0.2, 0.25) is 0 Å². The highest BCUT2D eigenvalue weighted by molar-refractivity contribution is 5.05. The van der Waals surface area contributed by atoms with Crippen LogP contribution in [0.25, 0.3) is 0 Å². The quantitative estimate of drug-likeness (QED) is 0.732. The minimum Gasteiger partial charge on any atom is -0.330 e. The van der Waals surface area contributed by atoms with Crippen molar-refractivity contribution in [3.05, 3.63) is 0 Å². The van der Waals surface area contributed by atoms with Crippen LogP contribution in [0, 0.1) is 23.2 Å². The lowest BCUT2D eigenvalue weighted by Gasteiger charge is -2.08.